The zero-order valence-electron chi connectivity index (χ0n) is 12.1. The van der Waals surface area contributed by atoms with E-state index in [2.05, 4.69) is 49.4 Å². The molecule has 0 fully saturated rings. The van der Waals surface area contributed by atoms with Gasteiger partial charge in [0.25, 0.3) is 0 Å². The molecule has 3 rings (SSSR count). The molecule has 102 valence electrons. The summed E-state index contributed by atoms with van der Waals surface area (Å²) < 4.78 is 0. The molecule has 0 aliphatic rings. The van der Waals surface area contributed by atoms with Gasteiger partial charge in [-0.1, -0.05) is 61.9 Å². The minimum absolute atomic E-state index is 0.698. The minimum atomic E-state index is 0.698. The number of rotatable bonds is 3. The number of nitriles is 1. The molecule has 0 aromatic heterocycles. The molecule has 1 nitrogen and oxygen atoms in total. The topological polar surface area (TPSA) is 23.8 Å². The predicted octanol–water partition coefficient (Wildman–Crippen LogP) is 5.33. The number of fused-ring (bicyclic) bond motifs is 1. The van der Waals surface area contributed by atoms with E-state index in [1.54, 1.807) is 0 Å². The van der Waals surface area contributed by atoms with Crippen LogP contribution in [0.25, 0.3) is 21.9 Å². The summed E-state index contributed by atoms with van der Waals surface area (Å²) in [4.78, 5) is 0. The van der Waals surface area contributed by atoms with Crippen molar-refractivity contribution >= 4 is 10.8 Å². The second-order valence-corrected chi connectivity index (χ2v) is 5.30. The highest BCUT2D eigenvalue weighted by atomic mass is 14.2. The Labute approximate surface area is 125 Å². The van der Waals surface area contributed by atoms with Crippen LogP contribution < -0.4 is 0 Å². The quantitative estimate of drug-likeness (QED) is 0.631. The van der Waals surface area contributed by atoms with E-state index in [9.17, 15) is 0 Å². The fourth-order valence-electron chi connectivity index (χ4n) is 2.75. The van der Waals surface area contributed by atoms with Gasteiger partial charge in [0.2, 0.25) is 0 Å². The van der Waals surface area contributed by atoms with Crippen LogP contribution in [-0.2, 0) is 6.42 Å². The molecule has 0 aliphatic heterocycles. The fourth-order valence-corrected chi connectivity index (χ4v) is 2.75. The first-order valence-corrected chi connectivity index (χ1v) is 7.34. The molecular formula is C20H17N. The van der Waals surface area contributed by atoms with Gasteiger partial charge >= 0.3 is 0 Å². The Morgan fingerprint density at radius 1 is 0.952 bits per heavy atom. The normalized spacial score (nSPS) is 10.5. The third-order valence-corrected chi connectivity index (χ3v) is 3.81. The Kier molecular flexibility index (Phi) is 3.71. The summed E-state index contributed by atoms with van der Waals surface area (Å²) in [7, 11) is 0. The molecule has 0 saturated heterocycles. The maximum atomic E-state index is 8.90. The van der Waals surface area contributed by atoms with E-state index in [1.165, 1.54) is 28.3 Å². The first-order valence-electron chi connectivity index (χ1n) is 7.34. The average Bonchev–Trinajstić information content (AvgIpc) is 2.54. The van der Waals surface area contributed by atoms with Gasteiger partial charge in [-0.15, -0.1) is 0 Å². The van der Waals surface area contributed by atoms with Crippen molar-refractivity contribution in [1.82, 2.24) is 0 Å². The summed E-state index contributed by atoms with van der Waals surface area (Å²) in [6.07, 6.45) is 2.29. The monoisotopic (exact) mass is 271 g/mol. The van der Waals surface area contributed by atoms with E-state index in [0.29, 0.717) is 5.56 Å². The van der Waals surface area contributed by atoms with Crippen molar-refractivity contribution in [3.8, 4) is 17.2 Å². The van der Waals surface area contributed by atoms with Crippen LogP contribution in [0, 0.1) is 11.3 Å². The predicted molar refractivity (Wildman–Crippen MR) is 88.1 cm³/mol. The molecule has 0 N–H and O–H groups in total. The molecule has 3 aromatic rings. The number of aryl methyl sites for hydroxylation is 1. The van der Waals surface area contributed by atoms with Crippen molar-refractivity contribution in [3.05, 3.63) is 71.8 Å². The molecule has 0 spiro atoms. The zero-order valence-corrected chi connectivity index (χ0v) is 12.1. The Hall–Kier alpha value is -2.59. The van der Waals surface area contributed by atoms with Crippen LogP contribution in [0.3, 0.4) is 0 Å². The summed E-state index contributed by atoms with van der Waals surface area (Å²) in [6, 6.07) is 23.1. The van der Waals surface area contributed by atoms with Crippen LogP contribution in [0.15, 0.2) is 60.7 Å². The highest BCUT2D eigenvalue weighted by molar-refractivity contribution is 5.97. The standard InChI is InChI=1S/C20H17N/c1-2-4-15-9-12-20-18(13-15)5-3-6-19(20)17-10-7-16(14-21)8-11-17/h3,5-13H,2,4H2,1H3. The van der Waals surface area contributed by atoms with Crippen LogP contribution in [0.1, 0.15) is 24.5 Å². The molecular weight excluding hydrogens is 254 g/mol. The SMILES string of the molecule is CCCc1ccc2c(-c3ccc(C#N)cc3)cccc2c1. The molecule has 1 heteroatoms. The van der Waals surface area contributed by atoms with Crippen molar-refractivity contribution < 1.29 is 0 Å². The van der Waals surface area contributed by atoms with Gasteiger partial charge < -0.3 is 0 Å². The highest BCUT2D eigenvalue weighted by Crippen LogP contribution is 2.29. The number of nitrogens with zero attached hydrogens (tertiary/aromatic N) is 1. The molecule has 0 atom stereocenters. The summed E-state index contributed by atoms with van der Waals surface area (Å²) in [5, 5.41) is 11.4. The Balaban J connectivity index is 2.11. The summed E-state index contributed by atoms with van der Waals surface area (Å²) in [5.74, 6) is 0. The molecule has 0 amide bonds. The second kappa shape index (κ2) is 5.81. The number of hydrogen-bond acceptors (Lipinski definition) is 1. The van der Waals surface area contributed by atoms with Crippen LogP contribution in [0.5, 0.6) is 0 Å². The van der Waals surface area contributed by atoms with Gasteiger partial charge in [0.15, 0.2) is 0 Å². The molecule has 0 saturated carbocycles. The molecule has 21 heavy (non-hydrogen) atoms. The van der Waals surface area contributed by atoms with Crippen LogP contribution in [-0.4, -0.2) is 0 Å². The van der Waals surface area contributed by atoms with Crippen molar-refractivity contribution in [2.24, 2.45) is 0 Å². The van der Waals surface area contributed by atoms with Crippen molar-refractivity contribution in [3.63, 3.8) is 0 Å². The number of hydrogen-bond donors (Lipinski definition) is 0. The van der Waals surface area contributed by atoms with Gasteiger partial charge in [0, 0.05) is 0 Å². The molecule has 0 bridgehead atoms. The van der Waals surface area contributed by atoms with E-state index >= 15 is 0 Å². The fraction of sp³-hybridized carbons (Fsp3) is 0.150. The van der Waals surface area contributed by atoms with Crippen LogP contribution >= 0.6 is 0 Å². The summed E-state index contributed by atoms with van der Waals surface area (Å²) in [5.41, 5.74) is 4.47. The smallest absolute Gasteiger partial charge is 0.0991 e. The maximum Gasteiger partial charge on any atom is 0.0991 e. The van der Waals surface area contributed by atoms with E-state index in [1.807, 2.05) is 24.3 Å². The van der Waals surface area contributed by atoms with Crippen LogP contribution in [0.2, 0.25) is 0 Å². The van der Waals surface area contributed by atoms with Crippen LogP contribution in [0.4, 0.5) is 0 Å². The van der Waals surface area contributed by atoms with Crippen molar-refractivity contribution in [1.29, 1.82) is 5.26 Å². The third kappa shape index (κ3) is 2.66. The average molecular weight is 271 g/mol. The zero-order chi connectivity index (χ0) is 14.7. The van der Waals surface area contributed by atoms with E-state index in [0.717, 1.165) is 12.0 Å². The lowest BCUT2D eigenvalue weighted by molar-refractivity contribution is 0.924. The molecule has 0 unspecified atom stereocenters. The molecule has 0 radical (unpaired) electrons. The first-order chi connectivity index (χ1) is 10.3. The maximum absolute atomic E-state index is 8.90. The van der Waals surface area contributed by atoms with E-state index in [4.69, 9.17) is 5.26 Å². The van der Waals surface area contributed by atoms with Crippen molar-refractivity contribution in [2.45, 2.75) is 19.8 Å². The third-order valence-electron chi connectivity index (χ3n) is 3.81. The molecule has 0 heterocycles. The first kappa shape index (κ1) is 13.4. The van der Waals surface area contributed by atoms with Gasteiger partial charge in [0.1, 0.15) is 0 Å². The van der Waals surface area contributed by atoms with Gasteiger partial charge in [0.05, 0.1) is 11.6 Å². The largest absolute Gasteiger partial charge is 0.192 e. The highest BCUT2D eigenvalue weighted by Gasteiger charge is 2.04. The van der Waals surface area contributed by atoms with Gasteiger partial charge in [-0.05, 0) is 46.0 Å². The van der Waals surface area contributed by atoms with Gasteiger partial charge in [-0.3, -0.25) is 0 Å². The number of benzene rings is 3. The lowest BCUT2D eigenvalue weighted by Gasteiger charge is -2.09. The van der Waals surface area contributed by atoms with Gasteiger partial charge in [-0.2, -0.15) is 5.26 Å². The van der Waals surface area contributed by atoms with Crippen molar-refractivity contribution in [2.75, 3.05) is 0 Å². The summed E-state index contributed by atoms with van der Waals surface area (Å²) >= 11 is 0. The minimum Gasteiger partial charge on any atom is -0.192 e. The lowest BCUT2D eigenvalue weighted by atomic mass is 9.96. The lowest BCUT2D eigenvalue weighted by Crippen LogP contribution is -1.86. The Morgan fingerprint density at radius 3 is 2.48 bits per heavy atom. The summed E-state index contributed by atoms with van der Waals surface area (Å²) in [6.45, 7) is 2.21. The van der Waals surface area contributed by atoms with E-state index in [-0.39, 0.29) is 0 Å². The molecule has 3 aromatic carbocycles. The second-order valence-electron chi connectivity index (χ2n) is 5.30. The van der Waals surface area contributed by atoms with Gasteiger partial charge in [-0.25, -0.2) is 0 Å². The van der Waals surface area contributed by atoms with E-state index < -0.39 is 0 Å². The molecule has 0 aliphatic carbocycles. The Bertz CT molecular complexity index is 807. The Morgan fingerprint density at radius 2 is 1.76 bits per heavy atom.